The Hall–Kier alpha value is -3.44. The topological polar surface area (TPSA) is 110 Å². The quantitative estimate of drug-likeness (QED) is 0.675. The van der Waals surface area contributed by atoms with Gasteiger partial charge in [0.05, 0.1) is 12.2 Å². The number of anilines is 1. The van der Waals surface area contributed by atoms with Crippen LogP contribution in [0, 0.1) is 45.6 Å². The number of nitrogens with zero attached hydrogens (tertiary/aromatic N) is 3. The van der Waals surface area contributed by atoms with Crippen LogP contribution in [0.3, 0.4) is 0 Å². The first-order valence-electron chi connectivity index (χ1n) is 5.86. The first kappa shape index (κ1) is 16.6. The van der Waals surface area contributed by atoms with Gasteiger partial charge in [0.25, 0.3) is 0 Å². The minimum atomic E-state index is -1.17. The Bertz CT molecular complexity index is 728. The molecule has 0 aliphatic rings. The molecule has 1 aromatic carbocycles. The molecule has 110 valence electrons. The summed E-state index contributed by atoms with van der Waals surface area (Å²) in [7, 11) is 0. The van der Waals surface area contributed by atoms with E-state index in [1.54, 1.807) is 0 Å². The van der Waals surface area contributed by atoms with E-state index in [1.165, 1.54) is 25.1 Å². The lowest BCUT2D eigenvalue weighted by Crippen LogP contribution is -2.09. The van der Waals surface area contributed by atoms with Crippen LogP contribution in [-0.4, -0.2) is 12.6 Å². The molecule has 0 aliphatic carbocycles. The highest BCUT2D eigenvalue weighted by Crippen LogP contribution is 2.23. The van der Waals surface area contributed by atoms with Crippen LogP contribution in [0.4, 0.5) is 14.5 Å². The van der Waals surface area contributed by atoms with Crippen molar-refractivity contribution in [3.63, 3.8) is 0 Å². The molecule has 1 rings (SSSR count). The van der Waals surface area contributed by atoms with E-state index >= 15 is 0 Å². The molecule has 0 aromatic heterocycles. The molecule has 6 nitrogen and oxygen atoms in total. The Morgan fingerprint density at radius 3 is 2.14 bits per heavy atom. The van der Waals surface area contributed by atoms with Gasteiger partial charge in [-0.2, -0.15) is 15.8 Å². The number of esters is 1. The number of ether oxygens (including phenoxy) is 1. The van der Waals surface area contributed by atoms with Crippen LogP contribution in [0.15, 0.2) is 23.4 Å². The van der Waals surface area contributed by atoms with Crippen LogP contribution in [0.5, 0.6) is 0 Å². The lowest BCUT2D eigenvalue weighted by molar-refractivity contribution is 0.0525. The molecule has 0 amide bonds. The van der Waals surface area contributed by atoms with Gasteiger partial charge in [-0.15, -0.1) is 0 Å². The third-order valence-electron chi connectivity index (χ3n) is 2.39. The minimum absolute atomic E-state index is 0.0388. The van der Waals surface area contributed by atoms with Crippen molar-refractivity contribution in [3.8, 4) is 18.2 Å². The Kier molecular flexibility index (Phi) is 5.57. The van der Waals surface area contributed by atoms with E-state index in [-0.39, 0.29) is 12.2 Å². The van der Waals surface area contributed by atoms with Crippen LogP contribution in [0.1, 0.15) is 17.3 Å². The summed E-state index contributed by atoms with van der Waals surface area (Å²) < 4.78 is 32.4. The summed E-state index contributed by atoms with van der Waals surface area (Å²) in [5.74, 6) is -3.25. The first-order chi connectivity index (χ1) is 10.5. The maximum Gasteiger partial charge on any atom is 0.338 e. The number of rotatable bonds is 4. The Balaban J connectivity index is 3.28. The van der Waals surface area contributed by atoms with Gasteiger partial charge < -0.3 is 10.1 Å². The molecule has 0 saturated heterocycles. The van der Waals surface area contributed by atoms with Gasteiger partial charge in [-0.05, 0) is 19.1 Å². The SMILES string of the molecule is CCOC(=O)c1cc(F)c(NC(C#N)=C(C#N)C#N)c(F)c1. The van der Waals surface area contributed by atoms with Crippen molar-refractivity contribution in [1.29, 1.82) is 15.8 Å². The molecular weight excluding hydrogens is 294 g/mol. The standard InChI is InChI=1S/C14H8F2N4O2/c1-2-22-14(21)8-3-10(15)13(11(16)4-8)20-12(7-19)9(5-17)6-18/h3-4,20H,2H2,1H3. The number of benzene rings is 1. The maximum absolute atomic E-state index is 13.9. The van der Waals surface area contributed by atoms with Crippen LogP contribution in [-0.2, 0) is 4.74 Å². The monoisotopic (exact) mass is 302 g/mol. The molecule has 0 spiro atoms. The van der Waals surface area contributed by atoms with Crippen LogP contribution < -0.4 is 5.32 Å². The third-order valence-corrected chi connectivity index (χ3v) is 2.39. The number of carbonyl (C=O) groups is 1. The van der Waals surface area contributed by atoms with E-state index in [2.05, 4.69) is 4.74 Å². The van der Waals surface area contributed by atoms with Crippen molar-refractivity contribution >= 4 is 11.7 Å². The van der Waals surface area contributed by atoms with Crippen molar-refractivity contribution in [1.82, 2.24) is 0 Å². The van der Waals surface area contributed by atoms with Crippen molar-refractivity contribution in [2.75, 3.05) is 11.9 Å². The zero-order valence-corrected chi connectivity index (χ0v) is 11.3. The minimum Gasteiger partial charge on any atom is -0.462 e. The predicted molar refractivity (Wildman–Crippen MR) is 69.8 cm³/mol. The van der Waals surface area contributed by atoms with E-state index < -0.39 is 34.6 Å². The number of hydrogen-bond acceptors (Lipinski definition) is 6. The van der Waals surface area contributed by atoms with Crippen LogP contribution >= 0.6 is 0 Å². The third kappa shape index (κ3) is 3.56. The van der Waals surface area contributed by atoms with Crippen molar-refractivity contribution < 1.29 is 18.3 Å². The highest BCUT2D eigenvalue weighted by molar-refractivity contribution is 5.90. The summed E-state index contributed by atoms with van der Waals surface area (Å²) in [5, 5.41) is 28.2. The van der Waals surface area contributed by atoms with Gasteiger partial charge in [0, 0.05) is 0 Å². The van der Waals surface area contributed by atoms with Gasteiger partial charge in [-0.3, -0.25) is 0 Å². The lowest BCUT2D eigenvalue weighted by atomic mass is 10.1. The highest BCUT2D eigenvalue weighted by Gasteiger charge is 2.18. The van der Waals surface area contributed by atoms with Crippen molar-refractivity contribution in [3.05, 3.63) is 40.6 Å². The average Bonchev–Trinajstić information content (AvgIpc) is 2.49. The maximum atomic E-state index is 13.9. The van der Waals surface area contributed by atoms with Crippen LogP contribution in [0.2, 0.25) is 0 Å². The van der Waals surface area contributed by atoms with E-state index in [4.69, 9.17) is 15.8 Å². The molecule has 0 heterocycles. The van der Waals surface area contributed by atoms with Crippen molar-refractivity contribution in [2.24, 2.45) is 0 Å². The number of halogens is 2. The van der Waals surface area contributed by atoms with Gasteiger partial charge >= 0.3 is 5.97 Å². The van der Waals surface area contributed by atoms with Gasteiger partial charge in [0.2, 0.25) is 0 Å². The second-order valence-corrected chi connectivity index (χ2v) is 3.75. The molecule has 8 heteroatoms. The summed E-state index contributed by atoms with van der Waals surface area (Å²) in [4.78, 5) is 11.4. The Labute approximate surface area is 124 Å². The Morgan fingerprint density at radius 1 is 1.18 bits per heavy atom. The molecular formula is C14H8F2N4O2. The summed E-state index contributed by atoms with van der Waals surface area (Å²) in [6.45, 7) is 1.58. The average molecular weight is 302 g/mol. The molecule has 22 heavy (non-hydrogen) atoms. The van der Waals surface area contributed by atoms with Gasteiger partial charge in [0.15, 0.2) is 17.2 Å². The second-order valence-electron chi connectivity index (χ2n) is 3.75. The van der Waals surface area contributed by atoms with E-state index in [9.17, 15) is 13.6 Å². The molecule has 0 radical (unpaired) electrons. The highest BCUT2D eigenvalue weighted by atomic mass is 19.1. The fraction of sp³-hybridized carbons (Fsp3) is 0.143. The molecule has 0 fully saturated rings. The number of hydrogen-bond donors (Lipinski definition) is 1. The number of nitriles is 3. The summed E-state index contributed by atoms with van der Waals surface area (Å²) in [6.07, 6.45) is 0. The molecule has 0 atom stereocenters. The Morgan fingerprint density at radius 2 is 1.73 bits per heavy atom. The molecule has 1 N–H and O–H groups in total. The largest absolute Gasteiger partial charge is 0.462 e. The summed E-state index contributed by atoms with van der Waals surface area (Å²) in [5.41, 5.74) is -2.33. The molecule has 0 bridgehead atoms. The van der Waals surface area contributed by atoms with Crippen LogP contribution in [0.25, 0.3) is 0 Å². The number of carbonyl (C=O) groups excluding carboxylic acids is 1. The van der Waals surface area contributed by atoms with E-state index in [1.807, 2.05) is 5.32 Å². The van der Waals surface area contributed by atoms with Gasteiger partial charge in [-0.1, -0.05) is 0 Å². The van der Waals surface area contributed by atoms with E-state index in [0.717, 1.165) is 12.1 Å². The molecule has 1 aromatic rings. The number of allylic oxidation sites excluding steroid dienone is 2. The molecule has 0 unspecified atom stereocenters. The smallest absolute Gasteiger partial charge is 0.338 e. The normalized spacial score (nSPS) is 8.91. The first-order valence-corrected chi connectivity index (χ1v) is 5.86. The zero-order valence-electron chi connectivity index (χ0n) is 11.3. The fourth-order valence-electron chi connectivity index (χ4n) is 1.43. The van der Waals surface area contributed by atoms with Crippen molar-refractivity contribution in [2.45, 2.75) is 6.92 Å². The van der Waals surface area contributed by atoms with Gasteiger partial charge in [0.1, 0.15) is 29.6 Å². The molecule has 0 aliphatic heterocycles. The predicted octanol–water partition coefficient (Wildman–Crippen LogP) is 2.38. The zero-order chi connectivity index (χ0) is 16.7. The second kappa shape index (κ2) is 7.37. The number of nitrogens with one attached hydrogen (secondary N) is 1. The molecule has 0 saturated carbocycles. The summed E-state index contributed by atoms with van der Waals surface area (Å²) in [6, 6.07) is 5.75. The van der Waals surface area contributed by atoms with E-state index in [0.29, 0.717) is 0 Å². The van der Waals surface area contributed by atoms with Gasteiger partial charge in [-0.25, -0.2) is 13.6 Å². The summed E-state index contributed by atoms with van der Waals surface area (Å²) >= 11 is 0. The fourth-order valence-corrected chi connectivity index (χ4v) is 1.43. The lowest BCUT2D eigenvalue weighted by Gasteiger charge is -2.09.